The quantitative estimate of drug-likeness (QED) is 0.771. The molecule has 2 heteroatoms. The van der Waals surface area contributed by atoms with E-state index in [1.54, 1.807) is 0 Å². The molecule has 2 rings (SSSR count). The Morgan fingerprint density at radius 1 is 1.33 bits per heavy atom. The first-order valence-corrected chi connectivity index (χ1v) is 6.53. The summed E-state index contributed by atoms with van der Waals surface area (Å²) in [5, 5.41) is 3.37. The highest BCUT2D eigenvalue weighted by molar-refractivity contribution is 4.93. The van der Waals surface area contributed by atoms with Crippen LogP contribution in [-0.4, -0.2) is 26.3 Å². The van der Waals surface area contributed by atoms with E-state index in [4.69, 9.17) is 4.74 Å². The second-order valence-corrected chi connectivity index (χ2v) is 5.51. The molecule has 0 aromatic carbocycles. The molecule has 2 atom stereocenters. The van der Waals surface area contributed by atoms with Gasteiger partial charge in [0.25, 0.3) is 0 Å². The number of hydrogen-bond acceptors (Lipinski definition) is 2. The van der Waals surface area contributed by atoms with Crippen LogP contribution in [0.25, 0.3) is 0 Å². The van der Waals surface area contributed by atoms with Gasteiger partial charge in [-0.25, -0.2) is 0 Å². The Kier molecular flexibility index (Phi) is 3.68. The first-order chi connectivity index (χ1) is 7.27. The first kappa shape index (κ1) is 11.4. The molecule has 15 heavy (non-hydrogen) atoms. The second-order valence-electron chi connectivity index (χ2n) is 5.51. The third kappa shape index (κ3) is 2.36. The van der Waals surface area contributed by atoms with E-state index in [1.807, 2.05) is 0 Å². The zero-order valence-electron chi connectivity index (χ0n) is 10.2. The molecule has 1 aliphatic carbocycles. The maximum Gasteiger partial charge on any atom is 0.0616 e. The zero-order chi connectivity index (χ0) is 10.7. The smallest absolute Gasteiger partial charge is 0.0616 e. The van der Waals surface area contributed by atoms with Crippen molar-refractivity contribution in [3.8, 4) is 0 Å². The molecular weight excluding hydrogens is 186 g/mol. The lowest BCUT2D eigenvalue weighted by Crippen LogP contribution is -2.39. The summed E-state index contributed by atoms with van der Waals surface area (Å²) in [6.07, 6.45) is 8.91. The standard InChI is InChI=1S/C13H25NO/c1-11-13(10-14-2,7-8-15-11)9-12-5-3-4-6-12/h11-12,14H,3-10H2,1-2H3. The van der Waals surface area contributed by atoms with Crippen molar-refractivity contribution in [3.05, 3.63) is 0 Å². The van der Waals surface area contributed by atoms with Crippen molar-refractivity contribution in [1.29, 1.82) is 0 Å². The minimum atomic E-state index is 0.434. The van der Waals surface area contributed by atoms with Gasteiger partial charge < -0.3 is 10.1 Å². The van der Waals surface area contributed by atoms with Crippen LogP contribution >= 0.6 is 0 Å². The Balaban J connectivity index is 1.98. The third-order valence-electron chi connectivity index (χ3n) is 4.53. The van der Waals surface area contributed by atoms with Gasteiger partial charge >= 0.3 is 0 Å². The van der Waals surface area contributed by atoms with Crippen LogP contribution < -0.4 is 5.32 Å². The zero-order valence-corrected chi connectivity index (χ0v) is 10.2. The molecule has 1 heterocycles. The maximum absolute atomic E-state index is 5.79. The average Bonchev–Trinajstić information content (AvgIpc) is 2.80. The highest BCUT2D eigenvalue weighted by Crippen LogP contribution is 2.43. The van der Waals surface area contributed by atoms with Gasteiger partial charge in [0.05, 0.1) is 6.10 Å². The molecule has 1 N–H and O–H groups in total. The summed E-state index contributed by atoms with van der Waals surface area (Å²) in [6.45, 7) is 4.36. The first-order valence-electron chi connectivity index (χ1n) is 6.53. The SMILES string of the molecule is CNCC1(CC2CCCC2)CCOC1C. The van der Waals surface area contributed by atoms with Crippen LogP contribution in [0.5, 0.6) is 0 Å². The molecule has 0 aromatic heterocycles. The van der Waals surface area contributed by atoms with Crippen LogP contribution in [0, 0.1) is 11.3 Å². The molecule has 0 aromatic rings. The molecule has 0 spiro atoms. The average molecular weight is 211 g/mol. The summed E-state index contributed by atoms with van der Waals surface area (Å²) < 4.78 is 5.79. The summed E-state index contributed by atoms with van der Waals surface area (Å²) in [5.41, 5.74) is 0.434. The second kappa shape index (κ2) is 4.84. The molecular formula is C13H25NO. The van der Waals surface area contributed by atoms with E-state index in [0.717, 1.165) is 19.1 Å². The van der Waals surface area contributed by atoms with Crippen molar-refractivity contribution in [1.82, 2.24) is 5.32 Å². The van der Waals surface area contributed by atoms with E-state index in [1.165, 1.54) is 38.5 Å². The Bertz CT molecular complexity index is 201. The molecule has 2 aliphatic rings. The fourth-order valence-corrected chi connectivity index (χ4v) is 3.53. The van der Waals surface area contributed by atoms with Gasteiger partial charge in [0.1, 0.15) is 0 Å². The molecule has 1 aliphatic heterocycles. The highest BCUT2D eigenvalue weighted by Gasteiger charge is 2.42. The van der Waals surface area contributed by atoms with E-state index < -0.39 is 0 Å². The maximum atomic E-state index is 5.79. The van der Waals surface area contributed by atoms with E-state index >= 15 is 0 Å². The molecule has 2 fully saturated rings. The Morgan fingerprint density at radius 2 is 2.07 bits per heavy atom. The number of rotatable bonds is 4. The lowest BCUT2D eigenvalue weighted by atomic mass is 9.74. The molecule has 88 valence electrons. The topological polar surface area (TPSA) is 21.3 Å². The van der Waals surface area contributed by atoms with Crippen LogP contribution in [0.15, 0.2) is 0 Å². The van der Waals surface area contributed by atoms with Crippen molar-refractivity contribution in [3.63, 3.8) is 0 Å². The van der Waals surface area contributed by atoms with Crippen LogP contribution in [0.1, 0.15) is 45.4 Å². The van der Waals surface area contributed by atoms with Crippen molar-refractivity contribution in [2.45, 2.75) is 51.6 Å². The lowest BCUT2D eigenvalue weighted by molar-refractivity contribution is 0.0505. The number of hydrogen-bond donors (Lipinski definition) is 1. The van der Waals surface area contributed by atoms with Crippen LogP contribution in [0.2, 0.25) is 0 Å². The van der Waals surface area contributed by atoms with Crippen LogP contribution in [-0.2, 0) is 4.74 Å². The van der Waals surface area contributed by atoms with Crippen molar-refractivity contribution in [2.75, 3.05) is 20.2 Å². The lowest BCUT2D eigenvalue weighted by Gasteiger charge is -2.34. The highest BCUT2D eigenvalue weighted by atomic mass is 16.5. The minimum Gasteiger partial charge on any atom is -0.378 e. The monoisotopic (exact) mass is 211 g/mol. The van der Waals surface area contributed by atoms with Gasteiger partial charge in [-0.05, 0) is 32.7 Å². The number of nitrogens with one attached hydrogen (secondary N) is 1. The van der Waals surface area contributed by atoms with Crippen LogP contribution in [0.3, 0.4) is 0 Å². The minimum absolute atomic E-state index is 0.434. The molecule has 0 amide bonds. The summed E-state index contributed by atoms with van der Waals surface area (Å²) in [4.78, 5) is 0. The summed E-state index contributed by atoms with van der Waals surface area (Å²) in [7, 11) is 2.07. The van der Waals surface area contributed by atoms with E-state index in [9.17, 15) is 0 Å². The molecule has 2 nitrogen and oxygen atoms in total. The Labute approximate surface area is 93.8 Å². The largest absolute Gasteiger partial charge is 0.378 e. The Morgan fingerprint density at radius 3 is 2.60 bits per heavy atom. The third-order valence-corrected chi connectivity index (χ3v) is 4.53. The predicted molar refractivity (Wildman–Crippen MR) is 63.0 cm³/mol. The van der Waals surface area contributed by atoms with E-state index in [0.29, 0.717) is 11.5 Å². The van der Waals surface area contributed by atoms with Crippen molar-refractivity contribution < 1.29 is 4.74 Å². The van der Waals surface area contributed by atoms with Gasteiger partial charge in [0, 0.05) is 18.6 Å². The fraction of sp³-hybridized carbons (Fsp3) is 1.00. The van der Waals surface area contributed by atoms with Gasteiger partial charge in [0.15, 0.2) is 0 Å². The van der Waals surface area contributed by atoms with Gasteiger partial charge in [0.2, 0.25) is 0 Å². The van der Waals surface area contributed by atoms with Crippen LogP contribution in [0.4, 0.5) is 0 Å². The fourth-order valence-electron chi connectivity index (χ4n) is 3.53. The molecule has 1 saturated carbocycles. The molecule has 1 saturated heterocycles. The van der Waals surface area contributed by atoms with Gasteiger partial charge in [-0.3, -0.25) is 0 Å². The predicted octanol–water partition coefficient (Wildman–Crippen LogP) is 2.58. The normalized spacial score (nSPS) is 37.6. The molecule has 2 unspecified atom stereocenters. The van der Waals surface area contributed by atoms with Gasteiger partial charge in [-0.15, -0.1) is 0 Å². The summed E-state index contributed by atoms with van der Waals surface area (Å²) in [6, 6.07) is 0. The summed E-state index contributed by atoms with van der Waals surface area (Å²) in [5.74, 6) is 0.975. The van der Waals surface area contributed by atoms with Gasteiger partial charge in [-0.2, -0.15) is 0 Å². The molecule has 0 bridgehead atoms. The summed E-state index contributed by atoms with van der Waals surface area (Å²) >= 11 is 0. The molecule has 0 radical (unpaired) electrons. The number of ether oxygens (including phenoxy) is 1. The van der Waals surface area contributed by atoms with E-state index in [-0.39, 0.29) is 0 Å². The van der Waals surface area contributed by atoms with Crippen molar-refractivity contribution in [2.24, 2.45) is 11.3 Å². The van der Waals surface area contributed by atoms with Crippen molar-refractivity contribution >= 4 is 0 Å². The van der Waals surface area contributed by atoms with E-state index in [2.05, 4.69) is 19.3 Å². The van der Waals surface area contributed by atoms with Gasteiger partial charge in [-0.1, -0.05) is 25.7 Å². The Hall–Kier alpha value is -0.0800.